The molecule has 0 saturated carbocycles. The monoisotopic (exact) mass is 416 g/mol. The van der Waals surface area contributed by atoms with Crippen LogP contribution in [-0.4, -0.2) is 38.7 Å². The van der Waals surface area contributed by atoms with E-state index in [1.807, 2.05) is 30.3 Å². The summed E-state index contributed by atoms with van der Waals surface area (Å²) in [4.78, 5) is 35.2. The van der Waals surface area contributed by atoms with E-state index in [4.69, 9.17) is 11.6 Å². The van der Waals surface area contributed by atoms with Crippen LogP contribution < -0.4 is 5.32 Å². The normalized spacial score (nSPS) is 19.0. The van der Waals surface area contributed by atoms with E-state index in [2.05, 4.69) is 10.4 Å². The quantitative estimate of drug-likeness (QED) is 0.323. The predicted octanol–water partition coefficient (Wildman–Crippen LogP) is 3.23. The van der Waals surface area contributed by atoms with E-state index in [1.54, 1.807) is 6.92 Å². The molecule has 3 amide bonds. The number of nitro groups is 1. The molecule has 150 valence electrons. The van der Waals surface area contributed by atoms with Gasteiger partial charge in [0.15, 0.2) is 0 Å². The van der Waals surface area contributed by atoms with Gasteiger partial charge in [-0.3, -0.25) is 14.9 Å². The Bertz CT molecular complexity index is 1010. The number of phenolic OH excluding ortho intramolecular Hbond substituents is 1. The lowest BCUT2D eigenvalue weighted by molar-refractivity contribution is -0.385. The molecule has 1 fully saturated rings. The van der Waals surface area contributed by atoms with Gasteiger partial charge in [-0.25, -0.2) is 4.79 Å². The third-order valence-electron chi connectivity index (χ3n) is 4.59. The molecular formula is C19H17ClN4O5. The molecule has 1 heterocycles. The smallest absolute Gasteiger partial charge is 0.346 e. The number of rotatable bonds is 6. The molecule has 2 aromatic rings. The molecule has 1 aliphatic heterocycles. The Morgan fingerprint density at radius 1 is 1.31 bits per heavy atom. The number of carbonyl (C=O) groups excluding carboxylic acids is 2. The van der Waals surface area contributed by atoms with Crippen molar-refractivity contribution in [3.8, 4) is 5.75 Å². The number of hydrazone groups is 1. The highest BCUT2D eigenvalue weighted by atomic mass is 35.5. The Hall–Kier alpha value is -3.46. The van der Waals surface area contributed by atoms with E-state index in [1.165, 1.54) is 6.07 Å². The first kappa shape index (κ1) is 20.3. The number of carbonyl (C=O) groups is 2. The van der Waals surface area contributed by atoms with Crippen molar-refractivity contribution in [3.63, 3.8) is 0 Å². The fourth-order valence-corrected chi connectivity index (χ4v) is 3.17. The van der Waals surface area contributed by atoms with E-state index < -0.39 is 33.8 Å². The van der Waals surface area contributed by atoms with Crippen LogP contribution in [0.5, 0.6) is 5.75 Å². The van der Waals surface area contributed by atoms with E-state index in [0.717, 1.165) is 17.8 Å². The van der Waals surface area contributed by atoms with Gasteiger partial charge in [0.25, 0.3) is 5.91 Å². The second-order valence-corrected chi connectivity index (χ2v) is 7.17. The van der Waals surface area contributed by atoms with E-state index in [9.17, 15) is 24.8 Å². The van der Waals surface area contributed by atoms with Crippen LogP contribution >= 0.6 is 11.6 Å². The Morgan fingerprint density at radius 3 is 2.66 bits per heavy atom. The van der Waals surface area contributed by atoms with E-state index >= 15 is 0 Å². The van der Waals surface area contributed by atoms with Crippen LogP contribution in [0.25, 0.3) is 0 Å². The maximum absolute atomic E-state index is 12.7. The first-order valence-corrected chi connectivity index (χ1v) is 9.00. The average molecular weight is 417 g/mol. The number of hydrogen-bond acceptors (Lipinski definition) is 6. The second kappa shape index (κ2) is 7.88. The summed E-state index contributed by atoms with van der Waals surface area (Å²) >= 11 is 5.83. The first-order valence-electron chi connectivity index (χ1n) is 8.63. The van der Waals surface area contributed by atoms with Crippen LogP contribution in [0.3, 0.4) is 0 Å². The topological polar surface area (TPSA) is 125 Å². The fourth-order valence-electron chi connectivity index (χ4n) is 2.94. The Morgan fingerprint density at radius 2 is 2.00 bits per heavy atom. The minimum atomic E-state index is -1.15. The Labute approximate surface area is 170 Å². The van der Waals surface area contributed by atoms with Crippen LogP contribution in [0.2, 0.25) is 5.02 Å². The van der Waals surface area contributed by atoms with Crippen molar-refractivity contribution in [2.24, 2.45) is 5.10 Å². The van der Waals surface area contributed by atoms with Gasteiger partial charge in [-0.1, -0.05) is 41.9 Å². The Kier molecular flexibility index (Phi) is 5.51. The van der Waals surface area contributed by atoms with E-state index in [0.29, 0.717) is 17.9 Å². The fraction of sp³-hybridized carbons (Fsp3) is 0.211. The molecular weight excluding hydrogens is 400 g/mol. The lowest BCUT2D eigenvalue weighted by Gasteiger charge is -2.20. The summed E-state index contributed by atoms with van der Waals surface area (Å²) in [6.07, 6.45) is 1.91. The zero-order valence-electron chi connectivity index (χ0n) is 15.3. The van der Waals surface area contributed by atoms with Gasteiger partial charge in [-0.05, 0) is 31.4 Å². The molecule has 0 bridgehead atoms. The zero-order valence-corrected chi connectivity index (χ0v) is 16.1. The third kappa shape index (κ3) is 4.19. The van der Waals surface area contributed by atoms with Gasteiger partial charge >= 0.3 is 11.7 Å². The van der Waals surface area contributed by atoms with Crippen LogP contribution in [0, 0.1) is 10.1 Å². The van der Waals surface area contributed by atoms with Crippen LogP contribution in [-0.2, 0) is 11.2 Å². The van der Waals surface area contributed by atoms with Gasteiger partial charge in [0.05, 0.1) is 11.1 Å². The summed E-state index contributed by atoms with van der Waals surface area (Å²) in [6, 6.07) is 11.0. The van der Waals surface area contributed by atoms with Gasteiger partial charge in [-0.15, -0.1) is 5.01 Å². The van der Waals surface area contributed by atoms with Crippen molar-refractivity contribution >= 4 is 35.4 Å². The molecule has 3 rings (SSSR count). The lowest BCUT2D eigenvalue weighted by atomic mass is 9.93. The highest BCUT2D eigenvalue weighted by Gasteiger charge is 2.47. The average Bonchev–Trinajstić information content (AvgIpc) is 2.90. The number of aromatic hydroxyl groups is 1. The van der Waals surface area contributed by atoms with E-state index in [-0.39, 0.29) is 10.6 Å². The number of nitro benzene ring substituents is 1. The van der Waals surface area contributed by atoms with Gasteiger partial charge in [0, 0.05) is 16.7 Å². The first-order chi connectivity index (χ1) is 13.7. The molecule has 2 N–H and O–H groups in total. The van der Waals surface area contributed by atoms with Gasteiger partial charge in [0.1, 0.15) is 5.54 Å². The molecule has 0 aromatic heterocycles. The number of phenols is 1. The van der Waals surface area contributed by atoms with Crippen molar-refractivity contribution in [1.82, 2.24) is 10.3 Å². The number of benzene rings is 2. The molecule has 0 aliphatic carbocycles. The number of urea groups is 1. The molecule has 0 spiro atoms. The minimum Gasteiger partial charge on any atom is -0.502 e. The highest BCUT2D eigenvalue weighted by Crippen LogP contribution is 2.32. The molecule has 1 aliphatic rings. The summed E-state index contributed by atoms with van der Waals surface area (Å²) in [6.45, 7) is 1.60. The molecule has 1 atom stereocenters. The highest BCUT2D eigenvalue weighted by molar-refractivity contribution is 6.31. The molecule has 9 nitrogen and oxygen atoms in total. The van der Waals surface area contributed by atoms with Crippen molar-refractivity contribution in [2.45, 2.75) is 25.3 Å². The maximum Gasteiger partial charge on any atom is 0.346 e. The summed E-state index contributed by atoms with van der Waals surface area (Å²) in [5, 5.41) is 28.1. The minimum absolute atomic E-state index is 0.000787. The van der Waals surface area contributed by atoms with Gasteiger partial charge in [0.2, 0.25) is 5.75 Å². The Balaban J connectivity index is 1.79. The number of halogens is 1. The molecule has 29 heavy (non-hydrogen) atoms. The van der Waals surface area contributed by atoms with Crippen molar-refractivity contribution in [2.75, 3.05) is 0 Å². The summed E-state index contributed by atoms with van der Waals surface area (Å²) in [7, 11) is 0. The van der Waals surface area contributed by atoms with Crippen LogP contribution in [0.4, 0.5) is 10.5 Å². The molecule has 10 heteroatoms. The van der Waals surface area contributed by atoms with Crippen molar-refractivity contribution in [1.29, 1.82) is 0 Å². The largest absolute Gasteiger partial charge is 0.502 e. The molecule has 0 unspecified atom stereocenters. The SMILES string of the molecule is C[C@]1(CCc2ccccc2)NC(=O)N(/N=C\c2cc(Cl)cc([N+](=O)[O-])c2O)C1=O. The van der Waals surface area contributed by atoms with Gasteiger partial charge < -0.3 is 10.4 Å². The van der Waals surface area contributed by atoms with Gasteiger partial charge in [-0.2, -0.15) is 5.10 Å². The number of nitrogens with zero attached hydrogens (tertiary/aromatic N) is 3. The molecule has 2 aromatic carbocycles. The zero-order chi connectivity index (χ0) is 21.2. The second-order valence-electron chi connectivity index (χ2n) is 6.73. The predicted molar refractivity (Wildman–Crippen MR) is 106 cm³/mol. The summed E-state index contributed by atoms with van der Waals surface area (Å²) in [5.41, 5.74) is -0.826. The standard InChI is InChI=1S/C19H17ClN4O5/c1-19(8-7-12-5-3-2-4-6-12)17(26)23(18(27)22-19)21-11-13-9-14(20)10-15(16(13)25)24(28)29/h2-6,9-11,25H,7-8H2,1H3,(H,22,27)/b21-11-/t19-/m1/s1. The molecule has 0 radical (unpaired) electrons. The van der Waals surface area contributed by atoms with Crippen molar-refractivity contribution < 1.29 is 19.6 Å². The van der Waals surface area contributed by atoms with Crippen LogP contribution in [0.1, 0.15) is 24.5 Å². The van der Waals surface area contributed by atoms with Crippen LogP contribution in [0.15, 0.2) is 47.6 Å². The summed E-state index contributed by atoms with van der Waals surface area (Å²) < 4.78 is 0. The third-order valence-corrected chi connectivity index (χ3v) is 4.81. The lowest BCUT2D eigenvalue weighted by Crippen LogP contribution is -2.44. The van der Waals surface area contributed by atoms with Crippen molar-refractivity contribution in [3.05, 3.63) is 68.7 Å². The molecule has 1 saturated heterocycles. The number of imide groups is 1. The maximum atomic E-state index is 12.7. The number of amides is 3. The number of nitrogens with one attached hydrogen (secondary N) is 1. The number of hydrogen-bond donors (Lipinski definition) is 2. The number of aryl methyl sites for hydroxylation is 1. The summed E-state index contributed by atoms with van der Waals surface area (Å²) in [5.74, 6) is -1.23.